The van der Waals surface area contributed by atoms with Crippen molar-refractivity contribution in [1.82, 2.24) is 15.4 Å². The van der Waals surface area contributed by atoms with E-state index < -0.39 is 0 Å². The number of aromatic nitrogens is 2. The van der Waals surface area contributed by atoms with Gasteiger partial charge in [0, 0.05) is 29.1 Å². The van der Waals surface area contributed by atoms with Gasteiger partial charge in [-0.15, -0.1) is 0 Å². The van der Waals surface area contributed by atoms with E-state index in [1.165, 1.54) is 12.1 Å². The van der Waals surface area contributed by atoms with E-state index >= 15 is 0 Å². The summed E-state index contributed by atoms with van der Waals surface area (Å²) in [6, 6.07) is 7.84. The maximum Gasteiger partial charge on any atom is 0.245 e. The van der Waals surface area contributed by atoms with E-state index in [0.717, 1.165) is 34.6 Å². The van der Waals surface area contributed by atoms with E-state index in [-0.39, 0.29) is 17.6 Å². The van der Waals surface area contributed by atoms with E-state index in [1.807, 2.05) is 24.9 Å². The molecule has 0 amide bonds. The van der Waals surface area contributed by atoms with Crippen molar-refractivity contribution in [3.63, 3.8) is 0 Å². The zero-order valence-electron chi connectivity index (χ0n) is 15.1. The second-order valence-electron chi connectivity index (χ2n) is 7.22. The van der Waals surface area contributed by atoms with Crippen LogP contribution >= 0.6 is 0 Å². The maximum absolute atomic E-state index is 13.4. The Bertz CT molecular complexity index is 886. The molecule has 1 N–H and O–H groups in total. The number of benzene rings is 1. The van der Waals surface area contributed by atoms with Gasteiger partial charge in [-0.2, -0.15) is 0 Å². The molecule has 0 unspecified atom stereocenters. The largest absolute Gasteiger partial charge is 0.299 e. The van der Waals surface area contributed by atoms with Crippen LogP contribution < -0.4 is 10.4 Å². The normalized spacial score (nSPS) is 22.5. The third kappa shape index (κ3) is 2.85. The Hall–Kier alpha value is -2.76. The molecule has 5 nitrogen and oxygen atoms in total. The van der Waals surface area contributed by atoms with Crippen LogP contribution in [0.25, 0.3) is 0 Å². The molecule has 0 fully saturated rings. The monoisotopic (exact) mass is 352 g/mol. The van der Waals surface area contributed by atoms with Crippen LogP contribution in [-0.4, -0.2) is 15.8 Å². The van der Waals surface area contributed by atoms with Crippen molar-refractivity contribution in [1.29, 1.82) is 0 Å². The molecule has 1 aliphatic heterocycles. The van der Waals surface area contributed by atoms with E-state index in [2.05, 4.69) is 22.3 Å². The van der Waals surface area contributed by atoms with E-state index in [1.54, 1.807) is 12.1 Å². The molecule has 0 bridgehead atoms. The molecule has 2 atom stereocenters. The number of anilines is 1. The second kappa shape index (κ2) is 6.20. The van der Waals surface area contributed by atoms with Crippen LogP contribution in [0.2, 0.25) is 0 Å². The molecule has 0 saturated heterocycles. The summed E-state index contributed by atoms with van der Waals surface area (Å²) in [5.74, 6) is 0.647. The summed E-state index contributed by atoms with van der Waals surface area (Å²) in [5.41, 5.74) is 7.59. The lowest BCUT2D eigenvalue weighted by atomic mass is 9.83. The van der Waals surface area contributed by atoms with Crippen molar-refractivity contribution in [2.45, 2.75) is 39.7 Å². The molecule has 2 aliphatic rings. The molecule has 0 saturated carbocycles. The highest BCUT2D eigenvalue weighted by atomic mass is 19.1. The SMILES string of the molecule is Cc1cc(C)nc(N2NC3=C(C(=O)C[C@H](C)C3)[C@@H]2c2ccc(F)cc2)n1. The Morgan fingerprint density at radius 2 is 1.77 bits per heavy atom. The predicted octanol–water partition coefficient (Wildman–Crippen LogP) is 3.55. The zero-order chi connectivity index (χ0) is 18.4. The molecule has 0 radical (unpaired) electrons. The number of aryl methyl sites for hydroxylation is 2. The minimum Gasteiger partial charge on any atom is -0.299 e. The summed E-state index contributed by atoms with van der Waals surface area (Å²) >= 11 is 0. The lowest BCUT2D eigenvalue weighted by Gasteiger charge is -2.27. The summed E-state index contributed by atoms with van der Waals surface area (Å²) < 4.78 is 13.4. The number of ketones is 1. The van der Waals surface area contributed by atoms with Crippen molar-refractivity contribution in [2.24, 2.45) is 5.92 Å². The fraction of sp³-hybridized carbons (Fsp3) is 0.350. The quantitative estimate of drug-likeness (QED) is 0.896. The number of nitrogens with zero attached hydrogens (tertiary/aromatic N) is 3. The Morgan fingerprint density at radius 1 is 1.12 bits per heavy atom. The Labute approximate surface area is 151 Å². The molecular formula is C20H21FN4O. The van der Waals surface area contributed by atoms with Gasteiger partial charge in [0.15, 0.2) is 5.78 Å². The first-order valence-corrected chi connectivity index (χ1v) is 8.82. The first-order valence-electron chi connectivity index (χ1n) is 8.82. The van der Waals surface area contributed by atoms with Gasteiger partial charge in [-0.3, -0.25) is 10.2 Å². The molecule has 134 valence electrons. The third-order valence-corrected chi connectivity index (χ3v) is 4.87. The van der Waals surface area contributed by atoms with Gasteiger partial charge >= 0.3 is 0 Å². The second-order valence-corrected chi connectivity index (χ2v) is 7.22. The first kappa shape index (κ1) is 16.7. The maximum atomic E-state index is 13.4. The van der Waals surface area contributed by atoms with Gasteiger partial charge in [0.05, 0.1) is 0 Å². The predicted molar refractivity (Wildman–Crippen MR) is 96.7 cm³/mol. The van der Waals surface area contributed by atoms with Crippen molar-refractivity contribution in [3.05, 3.63) is 64.4 Å². The van der Waals surface area contributed by atoms with Gasteiger partial charge in [0.1, 0.15) is 11.9 Å². The lowest BCUT2D eigenvalue weighted by molar-refractivity contribution is -0.117. The van der Waals surface area contributed by atoms with Gasteiger partial charge in [0.25, 0.3) is 0 Å². The van der Waals surface area contributed by atoms with Crippen molar-refractivity contribution in [3.8, 4) is 0 Å². The van der Waals surface area contributed by atoms with Gasteiger partial charge in [-0.1, -0.05) is 19.1 Å². The minimum absolute atomic E-state index is 0.132. The summed E-state index contributed by atoms with van der Waals surface area (Å²) in [4.78, 5) is 21.9. The number of hydrogen-bond donors (Lipinski definition) is 1. The fourth-order valence-corrected chi connectivity index (χ4v) is 3.83. The average molecular weight is 352 g/mol. The molecule has 4 rings (SSSR count). The Morgan fingerprint density at radius 3 is 2.42 bits per heavy atom. The van der Waals surface area contributed by atoms with E-state index in [0.29, 0.717) is 18.3 Å². The molecule has 2 heterocycles. The number of nitrogens with one attached hydrogen (secondary N) is 1. The summed E-state index contributed by atoms with van der Waals surface area (Å²) in [7, 11) is 0. The van der Waals surface area contributed by atoms with Crippen molar-refractivity contribution >= 4 is 11.7 Å². The Kier molecular flexibility index (Phi) is 3.98. The van der Waals surface area contributed by atoms with Crippen LogP contribution in [0.4, 0.5) is 10.3 Å². The zero-order valence-corrected chi connectivity index (χ0v) is 15.1. The fourth-order valence-electron chi connectivity index (χ4n) is 3.83. The molecule has 2 aromatic rings. The van der Waals surface area contributed by atoms with Crippen LogP contribution in [0.1, 0.15) is 42.8 Å². The molecule has 6 heteroatoms. The molecule has 1 aromatic heterocycles. The number of hydrogen-bond acceptors (Lipinski definition) is 5. The molecule has 1 aromatic carbocycles. The molecular weight excluding hydrogens is 331 g/mol. The van der Waals surface area contributed by atoms with Gasteiger partial charge in [0.2, 0.25) is 5.95 Å². The van der Waals surface area contributed by atoms with Crippen molar-refractivity contribution in [2.75, 3.05) is 5.01 Å². The van der Waals surface area contributed by atoms with Crippen LogP contribution in [-0.2, 0) is 4.79 Å². The van der Waals surface area contributed by atoms with Crippen LogP contribution in [0, 0.1) is 25.6 Å². The van der Waals surface area contributed by atoms with Crippen LogP contribution in [0.5, 0.6) is 0 Å². The van der Waals surface area contributed by atoms with Crippen molar-refractivity contribution < 1.29 is 9.18 Å². The minimum atomic E-state index is -0.355. The molecule has 1 aliphatic carbocycles. The van der Waals surface area contributed by atoms with Crippen LogP contribution in [0.15, 0.2) is 41.6 Å². The lowest BCUT2D eigenvalue weighted by Crippen LogP contribution is -2.36. The smallest absolute Gasteiger partial charge is 0.245 e. The number of carbonyl (C=O) groups excluding carboxylic acids is 1. The summed E-state index contributed by atoms with van der Waals surface area (Å²) in [6.45, 7) is 5.91. The highest BCUT2D eigenvalue weighted by molar-refractivity contribution is 5.99. The number of rotatable bonds is 2. The standard InChI is InChI=1S/C20H21FN4O/c1-11-8-16-18(17(26)9-11)19(14-4-6-15(21)7-5-14)25(24-16)20-22-12(2)10-13(3)23-20/h4-7,10-11,19,24H,8-9H2,1-3H3/t11-,19+/m1/s1. The molecule has 26 heavy (non-hydrogen) atoms. The molecule has 0 spiro atoms. The highest BCUT2D eigenvalue weighted by Crippen LogP contribution is 2.42. The highest BCUT2D eigenvalue weighted by Gasteiger charge is 2.42. The third-order valence-electron chi connectivity index (χ3n) is 4.87. The van der Waals surface area contributed by atoms with Gasteiger partial charge in [-0.25, -0.2) is 19.4 Å². The summed E-state index contributed by atoms with van der Waals surface area (Å²) in [6.07, 6.45) is 1.33. The number of halogens is 1. The average Bonchev–Trinajstić information content (AvgIpc) is 2.94. The Balaban J connectivity index is 1.83. The van der Waals surface area contributed by atoms with Gasteiger partial charge < -0.3 is 0 Å². The first-order chi connectivity index (χ1) is 12.4. The number of hydrazine groups is 1. The number of allylic oxidation sites excluding steroid dienone is 1. The number of Topliss-reactive ketones (excluding diaryl/α,β-unsaturated/α-hetero) is 1. The van der Waals surface area contributed by atoms with E-state index in [4.69, 9.17) is 0 Å². The summed E-state index contributed by atoms with van der Waals surface area (Å²) in [5, 5.41) is 1.84. The van der Waals surface area contributed by atoms with Crippen LogP contribution in [0.3, 0.4) is 0 Å². The van der Waals surface area contributed by atoms with Gasteiger partial charge in [-0.05, 0) is 49.9 Å². The number of carbonyl (C=O) groups is 1. The topological polar surface area (TPSA) is 58.1 Å². The van der Waals surface area contributed by atoms with E-state index in [9.17, 15) is 9.18 Å².